The first kappa shape index (κ1) is 12.9. The van der Waals surface area contributed by atoms with Gasteiger partial charge in [-0.05, 0) is 22.7 Å². The Morgan fingerprint density at radius 3 is 1.40 bits per heavy atom. The standard InChI is InChI=1S/C12H21F3/c1-7-11(8(2)12(13,14)15)9(3,4)10(11,5)6/h8H,7H2,1-6H3. The van der Waals surface area contributed by atoms with Crippen molar-refractivity contribution >= 4 is 0 Å². The summed E-state index contributed by atoms with van der Waals surface area (Å²) in [6.45, 7) is 11.0. The van der Waals surface area contributed by atoms with Crippen LogP contribution in [0.4, 0.5) is 13.2 Å². The highest BCUT2D eigenvalue weighted by molar-refractivity contribution is 5.25. The van der Waals surface area contributed by atoms with Gasteiger partial charge in [-0.3, -0.25) is 0 Å². The van der Waals surface area contributed by atoms with Gasteiger partial charge in [-0.25, -0.2) is 0 Å². The van der Waals surface area contributed by atoms with E-state index >= 15 is 0 Å². The zero-order chi connectivity index (χ0) is 12.3. The largest absolute Gasteiger partial charge is 0.392 e. The Labute approximate surface area is 90.2 Å². The number of rotatable bonds is 2. The van der Waals surface area contributed by atoms with Crippen LogP contribution in [0.25, 0.3) is 0 Å². The minimum absolute atomic E-state index is 0.232. The van der Waals surface area contributed by atoms with Crippen LogP contribution in [0.5, 0.6) is 0 Å². The van der Waals surface area contributed by atoms with Crippen LogP contribution in [-0.2, 0) is 0 Å². The van der Waals surface area contributed by atoms with Crippen molar-refractivity contribution in [2.45, 2.75) is 54.1 Å². The van der Waals surface area contributed by atoms with Crippen molar-refractivity contribution in [2.75, 3.05) is 0 Å². The van der Waals surface area contributed by atoms with Gasteiger partial charge in [0, 0.05) is 0 Å². The van der Waals surface area contributed by atoms with E-state index in [1.54, 1.807) is 0 Å². The molecule has 3 heteroatoms. The van der Waals surface area contributed by atoms with E-state index in [9.17, 15) is 13.2 Å². The molecule has 1 aliphatic rings. The van der Waals surface area contributed by atoms with E-state index in [4.69, 9.17) is 0 Å². The zero-order valence-electron chi connectivity index (χ0n) is 10.4. The van der Waals surface area contributed by atoms with Crippen molar-refractivity contribution in [1.29, 1.82) is 0 Å². The van der Waals surface area contributed by atoms with Crippen molar-refractivity contribution in [3.63, 3.8) is 0 Å². The summed E-state index contributed by atoms with van der Waals surface area (Å²) in [5.74, 6) is -1.22. The first-order valence-corrected chi connectivity index (χ1v) is 5.53. The molecule has 0 saturated heterocycles. The molecule has 0 amide bonds. The minimum atomic E-state index is -4.08. The highest BCUT2D eigenvalue weighted by Gasteiger charge is 2.80. The lowest BCUT2D eigenvalue weighted by atomic mass is 9.79. The summed E-state index contributed by atoms with van der Waals surface area (Å²) < 4.78 is 38.6. The molecule has 1 atom stereocenters. The molecule has 0 N–H and O–H groups in total. The van der Waals surface area contributed by atoms with Crippen molar-refractivity contribution in [3.05, 3.63) is 0 Å². The van der Waals surface area contributed by atoms with Gasteiger partial charge in [0.25, 0.3) is 0 Å². The van der Waals surface area contributed by atoms with Gasteiger partial charge in [0.2, 0.25) is 0 Å². The molecule has 0 aromatic heterocycles. The topological polar surface area (TPSA) is 0 Å². The van der Waals surface area contributed by atoms with Gasteiger partial charge in [-0.1, -0.05) is 41.5 Å². The SMILES string of the molecule is CCC1(C(C)C(F)(F)F)C(C)(C)C1(C)C. The maximum Gasteiger partial charge on any atom is 0.392 e. The van der Waals surface area contributed by atoms with Crippen LogP contribution in [-0.4, -0.2) is 6.18 Å². The third kappa shape index (κ3) is 1.21. The van der Waals surface area contributed by atoms with Crippen LogP contribution >= 0.6 is 0 Å². The zero-order valence-corrected chi connectivity index (χ0v) is 10.4. The summed E-state index contributed by atoms with van der Waals surface area (Å²) in [4.78, 5) is 0. The lowest BCUT2D eigenvalue weighted by molar-refractivity contribution is -0.195. The number of hydrogen-bond donors (Lipinski definition) is 0. The van der Waals surface area contributed by atoms with E-state index < -0.39 is 17.5 Å². The summed E-state index contributed by atoms with van der Waals surface area (Å²) in [5, 5.41) is 0. The van der Waals surface area contributed by atoms with Gasteiger partial charge in [-0.2, -0.15) is 13.2 Å². The predicted octanol–water partition coefficient (Wildman–Crippen LogP) is 4.65. The molecule has 0 aromatic rings. The van der Waals surface area contributed by atoms with Crippen molar-refractivity contribution in [2.24, 2.45) is 22.2 Å². The third-order valence-corrected chi connectivity index (χ3v) is 5.52. The molecule has 0 aromatic carbocycles. The lowest BCUT2D eigenvalue weighted by Crippen LogP contribution is -2.33. The van der Waals surface area contributed by atoms with Gasteiger partial charge in [0.15, 0.2) is 0 Å². The maximum atomic E-state index is 12.9. The van der Waals surface area contributed by atoms with E-state index in [0.29, 0.717) is 6.42 Å². The van der Waals surface area contributed by atoms with Crippen LogP contribution in [0.3, 0.4) is 0 Å². The Hall–Kier alpha value is -0.210. The van der Waals surface area contributed by atoms with Gasteiger partial charge in [0.1, 0.15) is 0 Å². The molecule has 0 bridgehead atoms. The summed E-state index contributed by atoms with van der Waals surface area (Å²) in [7, 11) is 0. The Morgan fingerprint density at radius 2 is 1.33 bits per heavy atom. The van der Waals surface area contributed by atoms with Crippen LogP contribution < -0.4 is 0 Å². The molecule has 1 rings (SSSR count). The van der Waals surface area contributed by atoms with E-state index in [0.717, 1.165) is 0 Å². The third-order valence-electron chi connectivity index (χ3n) is 5.52. The molecule has 0 radical (unpaired) electrons. The lowest BCUT2D eigenvalue weighted by Gasteiger charge is -2.29. The molecule has 90 valence electrons. The summed E-state index contributed by atoms with van der Waals surface area (Å²) in [6.07, 6.45) is -3.49. The van der Waals surface area contributed by atoms with Crippen LogP contribution in [0.2, 0.25) is 0 Å². The normalized spacial score (nSPS) is 28.6. The van der Waals surface area contributed by atoms with Gasteiger partial charge in [-0.15, -0.1) is 0 Å². The first-order valence-electron chi connectivity index (χ1n) is 5.53. The molecular weight excluding hydrogens is 201 g/mol. The van der Waals surface area contributed by atoms with Crippen molar-refractivity contribution < 1.29 is 13.2 Å². The molecule has 1 aliphatic carbocycles. The maximum absolute atomic E-state index is 12.9. The molecular formula is C12H21F3. The van der Waals surface area contributed by atoms with Crippen LogP contribution in [0.1, 0.15) is 48.0 Å². The Balaban J connectivity index is 3.12. The predicted molar refractivity (Wildman–Crippen MR) is 55.5 cm³/mol. The number of alkyl halides is 3. The highest BCUT2D eigenvalue weighted by Crippen LogP contribution is 2.83. The van der Waals surface area contributed by atoms with Crippen molar-refractivity contribution in [3.8, 4) is 0 Å². The molecule has 0 aliphatic heterocycles. The van der Waals surface area contributed by atoms with Crippen LogP contribution in [0, 0.1) is 22.2 Å². The van der Waals surface area contributed by atoms with Gasteiger partial charge < -0.3 is 0 Å². The summed E-state index contributed by atoms with van der Waals surface area (Å²) in [5.41, 5.74) is -1.06. The van der Waals surface area contributed by atoms with Crippen molar-refractivity contribution in [1.82, 2.24) is 0 Å². The summed E-state index contributed by atoms with van der Waals surface area (Å²) in [6, 6.07) is 0. The minimum Gasteiger partial charge on any atom is -0.171 e. The highest BCUT2D eigenvalue weighted by atomic mass is 19.4. The second-order valence-electron chi connectivity index (χ2n) is 5.84. The fourth-order valence-electron chi connectivity index (χ4n) is 4.02. The molecule has 1 fully saturated rings. The quantitative estimate of drug-likeness (QED) is 0.638. The fraction of sp³-hybridized carbons (Fsp3) is 1.00. The van der Waals surface area contributed by atoms with E-state index in [2.05, 4.69) is 0 Å². The first-order chi connectivity index (χ1) is 6.47. The second-order valence-corrected chi connectivity index (χ2v) is 5.84. The Kier molecular flexibility index (Phi) is 2.50. The molecule has 0 nitrogen and oxygen atoms in total. The monoisotopic (exact) mass is 222 g/mol. The average Bonchev–Trinajstić information content (AvgIpc) is 2.37. The Morgan fingerprint density at radius 1 is 1.00 bits per heavy atom. The van der Waals surface area contributed by atoms with E-state index in [-0.39, 0.29) is 10.8 Å². The molecule has 1 unspecified atom stereocenters. The van der Waals surface area contributed by atoms with Gasteiger partial charge >= 0.3 is 6.18 Å². The molecule has 0 heterocycles. The smallest absolute Gasteiger partial charge is 0.171 e. The number of hydrogen-bond acceptors (Lipinski definition) is 0. The average molecular weight is 222 g/mol. The second kappa shape index (κ2) is 2.92. The van der Waals surface area contributed by atoms with Gasteiger partial charge in [0.05, 0.1) is 5.92 Å². The number of halogens is 3. The summed E-state index contributed by atoms with van der Waals surface area (Å²) >= 11 is 0. The Bertz CT molecular complexity index is 247. The molecule has 15 heavy (non-hydrogen) atoms. The fourth-order valence-corrected chi connectivity index (χ4v) is 4.02. The van der Waals surface area contributed by atoms with E-state index in [1.165, 1.54) is 6.92 Å². The molecule has 1 saturated carbocycles. The van der Waals surface area contributed by atoms with Crippen LogP contribution in [0.15, 0.2) is 0 Å². The molecule has 0 spiro atoms. The van der Waals surface area contributed by atoms with E-state index in [1.807, 2.05) is 34.6 Å².